The summed E-state index contributed by atoms with van der Waals surface area (Å²) in [6.07, 6.45) is 1.58. The molecule has 0 saturated heterocycles. The summed E-state index contributed by atoms with van der Waals surface area (Å²) < 4.78 is 1.86. The Morgan fingerprint density at radius 1 is 1.12 bits per heavy atom. The average Bonchev–Trinajstić information content (AvgIpc) is 2.58. The molecule has 3 rings (SSSR count). The van der Waals surface area contributed by atoms with Crippen LogP contribution in [0, 0.1) is 6.92 Å². The summed E-state index contributed by atoms with van der Waals surface area (Å²) in [6.45, 7) is 4.41. The van der Waals surface area contributed by atoms with E-state index in [1.807, 2.05) is 18.4 Å². The third-order valence-electron chi connectivity index (χ3n) is 4.06. The minimum absolute atomic E-state index is 0.0750. The first-order chi connectivity index (χ1) is 11.9. The summed E-state index contributed by atoms with van der Waals surface area (Å²) in [7, 11) is 0. The second-order valence-electron chi connectivity index (χ2n) is 5.73. The number of aryl methyl sites for hydroxylation is 2. The highest BCUT2D eigenvalue weighted by Crippen LogP contribution is 2.21. The molecule has 0 radical (unpaired) electrons. The number of rotatable bonds is 3. The summed E-state index contributed by atoms with van der Waals surface area (Å²) in [5, 5.41) is 4.25. The molecule has 1 heterocycles. The zero-order chi connectivity index (χ0) is 18.1. The van der Waals surface area contributed by atoms with E-state index in [1.165, 1.54) is 0 Å². The number of nitrogens with one attached hydrogen (secondary N) is 1. The highest BCUT2D eigenvalue weighted by atomic mass is 35.5. The highest BCUT2D eigenvalue weighted by molar-refractivity contribution is 6.31. The van der Waals surface area contributed by atoms with Crippen LogP contribution in [0.15, 0.2) is 47.4 Å². The predicted octanol–water partition coefficient (Wildman–Crippen LogP) is 4.89. The fourth-order valence-electron chi connectivity index (χ4n) is 2.75. The molecular weight excluding hydrogens is 359 g/mol. The zero-order valence-corrected chi connectivity index (χ0v) is 15.3. The van der Waals surface area contributed by atoms with E-state index in [-0.39, 0.29) is 11.0 Å². The Kier molecular flexibility index (Phi) is 4.84. The number of anilines is 1. The van der Waals surface area contributed by atoms with E-state index in [9.17, 15) is 9.59 Å². The van der Waals surface area contributed by atoms with Crippen LogP contribution in [0.25, 0.3) is 10.9 Å². The lowest BCUT2D eigenvalue weighted by Gasteiger charge is -2.13. The van der Waals surface area contributed by atoms with Crippen molar-refractivity contribution in [1.29, 1.82) is 0 Å². The number of carbonyl (C=O) groups excluding carboxylic acids is 1. The molecule has 0 unspecified atom stereocenters. The molecule has 0 atom stereocenters. The van der Waals surface area contributed by atoms with E-state index < -0.39 is 5.91 Å². The molecular formula is C19H16Cl2N2O2. The van der Waals surface area contributed by atoms with Crippen molar-refractivity contribution >= 4 is 45.7 Å². The van der Waals surface area contributed by atoms with Crippen molar-refractivity contribution in [2.75, 3.05) is 5.32 Å². The third-order valence-corrected chi connectivity index (χ3v) is 4.53. The summed E-state index contributed by atoms with van der Waals surface area (Å²) in [5.74, 6) is -0.459. The van der Waals surface area contributed by atoms with Crippen LogP contribution < -0.4 is 10.7 Å². The first-order valence-corrected chi connectivity index (χ1v) is 8.56. The Balaban J connectivity index is 2.10. The van der Waals surface area contributed by atoms with Crippen LogP contribution in [-0.4, -0.2) is 10.5 Å². The number of halogens is 2. The maximum atomic E-state index is 12.8. The molecule has 2 aromatic carbocycles. The molecule has 0 saturated carbocycles. The van der Waals surface area contributed by atoms with Gasteiger partial charge in [-0.2, -0.15) is 0 Å². The Morgan fingerprint density at radius 3 is 2.48 bits per heavy atom. The van der Waals surface area contributed by atoms with Crippen molar-refractivity contribution in [2.45, 2.75) is 20.4 Å². The normalized spacial score (nSPS) is 10.9. The standard InChI is InChI=1S/C19H16Cl2N2O2/c1-3-23-10-15(18(24)14-9-13(21)5-7-17(14)23)19(25)22-16-6-4-12(20)8-11(16)2/h4-10H,3H2,1-2H3,(H,22,25). The highest BCUT2D eigenvalue weighted by Gasteiger charge is 2.16. The van der Waals surface area contributed by atoms with Crippen LogP contribution in [0.2, 0.25) is 10.0 Å². The average molecular weight is 375 g/mol. The molecule has 3 aromatic rings. The summed E-state index contributed by atoms with van der Waals surface area (Å²) in [4.78, 5) is 25.4. The minimum Gasteiger partial charge on any atom is -0.347 e. The summed E-state index contributed by atoms with van der Waals surface area (Å²) in [5.41, 5.74) is 1.91. The van der Waals surface area contributed by atoms with Gasteiger partial charge in [0, 0.05) is 33.9 Å². The maximum absolute atomic E-state index is 12.8. The van der Waals surface area contributed by atoms with E-state index in [0.29, 0.717) is 27.7 Å². The van der Waals surface area contributed by atoms with Crippen molar-refractivity contribution in [1.82, 2.24) is 4.57 Å². The lowest BCUT2D eigenvalue weighted by molar-refractivity contribution is 0.102. The van der Waals surface area contributed by atoms with Gasteiger partial charge in [-0.15, -0.1) is 0 Å². The smallest absolute Gasteiger partial charge is 0.261 e. The van der Waals surface area contributed by atoms with Gasteiger partial charge in [-0.05, 0) is 55.8 Å². The molecule has 1 N–H and O–H groups in total. The van der Waals surface area contributed by atoms with Crippen molar-refractivity contribution in [3.8, 4) is 0 Å². The van der Waals surface area contributed by atoms with Gasteiger partial charge in [-0.3, -0.25) is 9.59 Å². The van der Waals surface area contributed by atoms with Crippen molar-refractivity contribution in [3.05, 3.63) is 74.0 Å². The molecule has 0 bridgehead atoms. The molecule has 0 aliphatic rings. The van der Waals surface area contributed by atoms with Gasteiger partial charge < -0.3 is 9.88 Å². The number of nitrogens with zero attached hydrogens (tertiary/aromatic N) is 1. The zero-order valence-electron chi connectivity index (χ0n) is 13.8. The van der Waals surface area contributed by atoms with E-state index in [4.69, 9.17) is 23.2 Å². The van der Waals surface area contributed by atoms with Gasteiger partial charge >= 0.3 is 0 Å². The molecule has 1 aromatic heterocycles. The van der Waals surface area contributed by atoms with Crippen molar-refractivity contribution in [2.24, 2.45) is 0 Å². The lowest BCUT2D eigenvalue weighted by atomic mass is 10.1. The minimum atomic E-state index is -0.459. The topological polar surface area (TPSA) is 51.1 Å². The summed E-state index contributed by atoms with van der Waals surface area (Å²) >= 11 is 12.0. The van der Waals surface area contributed by atoms with Gasteiger partial charge in [0.2, 0.25) is 5.43 Å². The van der Waals surface area contributed by atoms with E-state index in [0.717, 1.165) is 11.1 Å². The quantitative estimate of drug-likeness (QED) is 0.709. The second-order valence-corrected chi connectivity index (χ2v) is 6.61. The second kappa shape index (κ2) is 6.90. The number of benzene rings is 2. The first kappa shape index (κ1) is 17.5. The van der Waals surface area contributed by atoms with Gasteiger partial charge in [0.25, 0.3) is 5.91 Å². The van der Waals surface area contributed by atoms with Gasteiger partial charge in [-0.25, -0.2) is 0 Å². The Morgan fingerprint density at radius 2 is 1.80 bits per heavy atom. The van der Waals surface area contributed by atoms with E-state index in [2.05, 4.69) is 5.32 Å². The summed E-state index contributed by atoms with van der Waals surface area (Å²) in [6, 6.07) is 10.3. The van der Waals surface area contributed by atoms with Crippen molar-refractivity contribution in [3.63, 3.8) is 0 Å². The number of aromatic nitrogens is 1. The monoisotopic (exact) mass is 374 g/mol. The Labute approximate surface area is 155 Å². The Bertz CT molecular complexity index is 1040. The largest absolute Gasteiger partial charge is 0.347 e. The predicted molar refractivity (Wildman–Crippen MR) is 103 cm³/mol. The molecule has 0 spiro atoms. The third kappa shape index (κ3) is 3.41. The molecule has 1 amide bonds. The van der Waals surface area contributed by atoms with Crippen LogP contribution >= 0.6 is 23.2 Å². The molecule has 0 fully saturated rings. The Hall–Kier alpha value is -2.30. The number of carbonyl (C=O) groups is 1. The number of hydrogen-bond donors (Lipinski definition) is 1. The molecule has 0 aliphatic heterocycles. The van der Waals surface area contributed by atoms with Gasteiger partial charge in [0.15, 0.2) is 0 Å². The van der Waals surface area contributed by atoms with Crippen LogP contribution in [-0.2, 0) is 6.54 Å². The van der Waals surface area contributed by atoms with Crippen LogP contribution in [0.1, 0.15) is 22.8 Å². The maximum Gasteiger partial charge on any atom is 0.261 e. The van der Waals surface area contributed by atoms with Crippen LogP contribution in [0.3, 0.4) is 0 Å². The van der Waals surface area contributed by atoms with E-state index >= 15 is 0 Å². The number of hydrogen-bond acceptors (Lipinski definition) is 2. The SMILES string of the molecule is CCn1cc(C(=O)Nc2ccc(Cl)cc2C)c(=O)c2cc(Cl)ccc21. The first-order valence-electron chi connectivity index (χ1n) is 7.81. The lowest BCUT2D eigenvalue weighted by Crippen LogP contribution is -2.24. The molecule has 6 heteroatoms. The molecule has 128 valence electrons. The molecule has 4 nitrogen and oxygen atoms in total. The number of pyridine rings is 1. The van der Waals surface area contributed by atoms with Crippen molar-refractivity contribution < 1.29 is 4.79 Å². The fraction of sp³-hybridized carbons (Fsp3) is 0.158. The number of amides is 1. The molecule has 25 heavy (non-hydrogen) atoms. The number of fused-ring (bicyclic) bond motifs is 1. The van der Waals surface area contributed by atoms with Gasteiger partial charge in [-0.1, -0.05) is 23.2 Å². The van der Waals surface area contributed by atoms with Crippen LogP contribution in [0.5, 0.6) is 0 Å². The van der Waals surface area contributed by atoms with Gasteiger partial charge in [0.05, 0.1) is 5.52 Å². The van der Waals surface area contributed by atoms with Crippen LogP contribution in [0.4, 0.5) is 5.69 Å². The fourth-order valence-corrected chi connectivity index (χ4v) is 3.15. The molecule has 0 aliphatic carbocycles. The van der Waals surface area contributed by atoms with Gasteiger partial charge in [0.1, 0.15) is 5.56 Å². The van der Waals surface area contributed by atoms with E-state index in [1.54, 1.807) is 42.6 Å².